The van der Waals surface area contributed by atoms with Crippen molar-refractivity contribution in [2.24, 2.45) is 38.3 Å². The van der Waals surface area contributed by atoms with Crippen LogP contribution in [0.4, 0.5) is 0 Å². The number of H-pyrrole nitrogens is 1. The van der Waals surface area contributed by atoms with E-state index in [9.17, 15) is 0 Å². The van der Waals surface area contributed by atoms with Crippen molar-refractivity contribution in [3.8, 4) is 22.8 Å². The van der Waals surface area contributed by atoms with Gasteiger partial charge in [0, 0.05) is 28.3 Å². The molecule has 0 fully saturated rings. The van der Waals surface area contributed by atoms with Gasteiger partial charge in [0.15, 0.2) is 11.5 Å². The average Bonchev–Trinajstić information content (AvgIpc) is 3.43. The molecule has 162 valence electrons. The molecule has 0 saturated heterocycles. The Labute approximate surface area is 184 Å². The number of aromatic nitrogens is 2. The van der Waals surface area contributed by atoms with E-state index in [2.05, 4.69) is 27.1 Å². The van der Waals surface area contributed by atoms with E-state index in [1.54, 1.807) is 18.0 Å². The highest BCUT2D eigenvalue weighted by Gasteiger charge is 2.35. The van der Waals surface area contributed by atoms with Gasteiger partial charge in [0.05, 0.1) is 10.7 Å². The summed E-state index contributed by atoms with van der Waals surface area (Å²) in [7, 11) is 0. The third kappa shape index (κ3) is 3.81. The maximum atomic E-state index is 6.26. The second-order valence-electron chi connectivity index (χ2n) is 7.84. The Morgan fingerprint density at radius 3 is 2.84 bits per heavy atom. The fourth-order valence-electron chi connectivity index (χ4n) is 4.27. The van der Waals surface area contributed by atoms with Crippen LogP contribution in [0.5, 0.6) is 11.5 Å². The van der Waals surface area contributed by atoms with Crippen molar-refractivity contribution >= 4 is 28.4 Å². The molecule has 5 N–H and O–H groups in total. The van der Waals surface area contributed by atoms with Crippen molar-refractivity contribution in [2.45, 2.75) is 30.7 Å². The number of hydrogen-bond acceptors (Lipinski definition) is 9. The molecule has 0 amide bonds. The fraction of sp³-hybridized carbons (Fsp3) is 0.429. The van der Waals surface area contributed by atoms with E-state index in [1.165, 1.54) is 0 Å². The molecule has 3 atom stereocenters. The van der Waals surface area contributed by atoms with Crippen LogP contribution in [-0.2, 0) is 0 Å². The first-order chi connectivity index (χ1) is 15.1. The summed E-state index contributed by atoms with van der Waals surface area (Å²) < 4.78 is 11.2. The smallest absolute Gasteiger partial charge is 0.231 e. The van der Waals surface area contributed by atoms with Crippen molar-refractivity contribution in [1.29, 1.82) is 0 Å². The molecule has 3 unspecified atom stereocenters. The Hall–Kier alpha value is -2.85. The van der Waals surface area contributed by atoms with Crippen molar-refractivity contribution in [1.82, 2.24) is 10.2 Å². The van der Waals surface area contributed by atoms with E-state index in [0.29, 0.717) is 25.0 Å². The number of fused-ring (bicyclic) bond motifs is 2. The standard InChI is InChI=1S/C21H25N7O2S/c1-11-12(2-4-22)6-18(27-20-19(11)24-9-25-21(20)23)31-17-8-16-15(29-10-30-16)7-13(17)14-3-5-26-28-14/h3,5,7-8,11-12,20H,2,4,6,9-10,22H2,1H3,(H2,23,25)(H,26,28). The van der Waals surface area contributed by atoms with Gasteiger partial charge in [-0.1, -0.05) is 18.7 Å². The monoisotopic (exact) mass is 439 g/mol. The largest absolute Gasteiger partial charge is 0.454 e. The van der Waals surface area contributed by atoms with Crippen LogP contribution in [0.15, 0.2) is 44.3 Å². The number of amidine groups is 1. The lowest BCUT2D eigenvalue weighted by atomic mass is 9.83. The SMILES string of the molecule is CC1C2=NCN=C(N)C2N=C(Sc2cc3c(cc2-c2ccn[nH]2)OCO3)CC1CCN. The Kier molecular flexibility index (Phi) is 5.41. The average molecular weight is 440 g/mol. The van der Waals surface area contributed by atoms with Gasteiger partial charge in [-0.3, -0.25) is 15.1 Å². The van der Waals surface area contributed by atoms with Gasteiger partial charge in [-0.05, 0) is 43.5 Å². The van der Waals surface area contributed by atoms with Gasteiger partial charge in [0.25, 0.3) is 0 Å². The molecule has 10 heteroatoms. The number of nitrogens with one attached hydrogen (secondary N) is 1. The molecule has 31 heavy (non-hydrogen) atoms. The number of aromatic amines is 1. The molecule has 1 aromatic heterocycles. The Morgan fingerprint density at radius 1 is 1.23 bits per heavy atom. The zero-order valence-corrected chi connectivity index (χ0v) is 18.1. The minimum Gasteiger partial charge on any atom is -0.454 e. The summed E-state index contributed by atoms with van der Waals surface area (Å²) in [6.45, 7) is 3.42. The number of rotatable bonds is 4. The zero-order valence-electron chi connectivity index (χ0n) is 17.2. The molecule has 3 aliphatic heterocycles. The van der Waals surface area contributed by atoms with Crippen LogP contribution >= 0.6 is 11.8 Å². The van der Waals surface area contributed by atoms with Crippen LogP contribution in [0, 0.1) is 11.8 Å². The van der Waals surface area contributed by atoms with E-state index in [1.807, 2.05) is 18.2 Å². The number of benzene rings is 1. The van der Waals surface area contributed by atoms with Crippen molar-refractivity contribution < 1.29 is 9.47 Å². The Bertz CT molecular complexity index is 1060. The molecular formula is C21H25N7O2S. The lowest BCUT2D eigenvalue weighted by Crippen LogP contribution is -2.41. The fourth-order valence-corrected chi connectivity index (χ4v) is 5.43. The third-order valence-corrected chi connectivity index (χ3v) is 7.05. The van der Waals surface area contributed by atoms with Gasteiger partial charge in [-0.25, -0.2) is 4.99 Å². The number of aliphatic imine (C=N–C) groups is 3. The zero-order chi connectivity index (χ0) is 21.4. The van der Waals surface area contributed by atoms with E-state index in [-0.39, 0.29) is 18.8 Å². The summed E-state index contributed by atoms with van der Waals surface area (Å²) in [6.07, 6.45) is 3.44. The number of nitrogens with zero attached hydrogens (tertiary/aromatic N) is 4. The quantitative estimate of drug-likeness (QED) is 0.669. The maximum absolute atomic E-state index is 6.26. The van der Waals surface area contributed by atoms with Crippen LogP contribution in [0.2, 0.25) is 0 Å². The second kappa shape index (κ2) is 8.35. The van der Waals surface area contributed by atoms with Gasteiger partial charge < -0.3 is 20.9 Å². The van der Waals surface area contributed by atoms with Gasteiger partial charge in [0.2, 0.25) is 6.79 Å². The molecule has 4 heterocycles. The maximum Gasteiger partial charge on any atom is 0.231 e. The first-order valence-corrected chi connectivity index (χ1v) is 11.2. The topological polar surface area (TPSA) is 136 Å². The molecule has 0 aliphatic carbocycles. The minimum absolute atomic E-state index is 0.220. The highest BCUT2D eigenvalue weighted by molar-refractivity contribution is 8.14. The highest BCUT2D eigenvalue weighted by atomic mass is 32.2. The van der Waals surface area contributed by atoms with E-state index in [4.69, 9.17) is 25.9 Å². The van der Waals surface area contributed by atoms with E-state index in [0.717, 1.165) is 51.2 Å². The Balaban J connectivity index is 1.55. The summed E-state index contributed by atoms with van der Waals surface area (Å²) in [5, 5.41) is 8.14. The predicted octanol–water partition coefficient (Wildman–Crippen LogP) is 2.44. The van der Waals surface area contributed by atoms with E-state index >= 15 is 0 Å². The third-order valence-electron chi connectivity index (χ3n) is 5.98. The van der Waals surface area contributed by atoms with Crippen LogP contribution in [0.3, 0.4) is 0 Å². The molecule has 0 spiro atoms. The van der Waals surface area contributed by atoms with Crippen LogP contribution < -0.4 is 20.9 Å². The molecular weight excluding hydrogens is 414 g/mol. The summed E-state index contributed by atoms with van der Waals surface area (Å²) in [5.41, 5.74) is 15.1. The normalized spacial score (nSPS) is 24.7. The molecule has 3 aliphatic rings. The van der Waals surface area contributed by atoms with Gasteiger partial charge in [-0.15, -0.1) is 0 Å². The summed E-state index contributed by atoms with van der Waals surface area (Å²) >= 11 is 1.62. The summed E-state index contributed by atoms with van der Waals surface area (Å²) in [4.78, 5) is 15.0. The van der Waals surface area contributed by atoms with Crippen LogP contribution in [-0.4, -0.2) is 52.8 Å². The number of hydrogen-bond donors (Lipinski definition) is 3. The Morgan fingerprint density at radius 2 is 2.06 bits per heavy atom. The van der Waals surface area contributed by atoms with Gasteiger partial charge in [0.1, 0.15) is 18.5 Å². The van der Waals surface area contributed by atoms with Crippen LogP contribution in [0.25, 0.3) is 11.3 Å². The lowest BCUT2D eigenvalue weighted by molar-refractivity contribution is 0.174. The van der Waals surface area contributed by atoms with Crippen LogP contribution in [0.1, 0.15) is 19.8 Å². The van der Waals surface area contributed by atoms with Gasteiger partial charge >= 0.3 is 0 Å². The molecule has 9 nitrogen and oxygen atoms in total. The van der Waals surface area contributed by atoms with E-state index < -0.39 is 0 Å². The van der Waals surface area contributed by atoms with Crippen molar-refractivity contribution in [3.05, 3.63) is 24.4 Å². The van der Waals surface area contributed by atoms with Crippen molar-refractivity contribution in [2.75, 3.05) is 20.0 Å². The summed E-state index contributed by atoms with van der Waals surface area (Å²) in [5.74, 6) is 2.57. The van der Waals surface area contributed by atoms with Gasteiger partial charge in [-0.2, -0.15) is 5.10 Å². The minimum atomic E-state index is -0.307. The molecule has 2 aromatic rings. The molecule has 5 rings (SSSR count). The first kappa shape index (κ1) is 20.1. The van der Waals surface area contributed by atoms with Crippen molar-refractivity contribution in [3.63, 3.8) is 0 Å². The second-order valence-corrected chi connectivity index (χ2v) is 8.95. The number of thioether (sulfide) groups is 1. The highest BCUT2D eigenvalue weighted by Crippen LogP contribution is 2.44. The lowest BCUT2D eigenvalue weighted by Gasteiger charge is -2.26. The number of nitrogens with two attached hydrogens (primary N) is 2. The molecule has 0 bridgehead atoms. The first-order valence-electron chi connectivity index (χ1n) is 10.4. The molecule has 0 radical (unpaired) electrons. The predicted molar refractivity (Wildman–Crippen MR) is 122 cm³/mol. The molecule has 0 saturated carbocycles. The molecule has 1 aromatic carbocycles. The summed E-state index contributed by atoms with van der Waals surface area (Å²) in [6, 6.07) is 5.62. The number of ether oxygens (including phenoxy) is 2.